The molecule has 10 heavy (non-hydrogen) atoms. The van der Waals surface area contributed by atoms with E-state index < -0.39 is 0 Å². The molecule has 1 aromatic rings. The third kappa shape index (κ3) is 5.41. The van der Waals surface area contributed by atoms with Gasteiger partial charge < -0.3 is 10.6 Å². The van der Waals surface area contributed by atoms with Crippen LogP contribution in [0.5, 0.6) is 5.75 Å². The van der Waals surface area contributed by atoms with Crippen molar-refractivity contribution in [1.82, 2.24) is 0 Å². The summed E-state index contributed by atoms with van der Waals surface area (Å²) in [6, 6.07) is 8.71. The lowest BCUT2D eigenvalue weighted by atomic mass is 10.3. The van der Waals surface area contributed by atoms with Crippen molar-refractivity contribution in [2.45, 2.75) is 0 Å². The zero-order valence-electron chi connectivity index (χ0n) is 5.71. The number of alkyl halides is 1. The number of rotatable bonds is 0. The van der Waals surface area contributed by atoms with Crippen molar-refractivity contribution in [1.29, 1.82) is 0 Å². The summed E-state index contributed by atoms with van der Waals surface area (Å²) >= 11 is 4.64. The van der Waals surface area contributed by atoms with Crippen molar-refractivity contribution >= 4 is 11.6 Å². The molecule has 1 rings (SSSR count). The molecular formula is C7H11ClO2. The zero-order chi connectivity index (χ0) is 7.11. The number of aromatic hydroxyl groups is 1. The van der Waals surface area contributed by atoms with E-state index in [1.54, 1.807) is 24.3 Å². The average Bonchev–Trinajstić information content (AvgIpc) is 1.94. The molecule has 0 fully saturated rings. The number of hydrogen-bond donors (Lipinski definition) is 1. The predicted molar refractivity (Wildman–Crippen MR) is 43.5 cm³/mol. The van der Waals surface area contributed by atoms with Crippen molar-refractivity contribution in [3.63, 3.8) is 0 Å². The quantitative estimate of drug-likeness (QED) is 0.577. The predicted octanol–water partition coefficient (Wildman–Crippen LogP) is 1.42. The van der Waals surface area contributed by atoms with Crippen LogP contribution in [-0.4, -0.2) is 17.0 Å². The van der Waals surface area contributed by atoms with Crippen LogP contribution in [0, 0.1) is 0 Å². The lowest BCUT2D eigenvalue weighted by Crippen LogP contribution is -1.56. The Hall–Kier alpha value is -0.730. The van der Waals surface area contributed by atoms with Crippen molar-refractivity contribution in [2.24, 2.45) is 0 Å². The Morgan fingerprint density at radius 2 is 1.50 bits per heavy atom. The van der Waals surface area contributed by atoms with Gasteiger partial charge in [0.25, 0.3) is 0 Å². The third-order valence-electron chi connectivity index (χ3n) is 0.756. The standard InChI is InChI=1S/C6H6O.CH3Cl.H2O/c7-6-4-2-1-3-5-6;1-2;/h1-5,7H;1H3;1H2. The van der Waals surface area contributed by atoms with E-state index in [0.717, 1.165) is 0 Å². The van der Waals surface area contributed by atoms with Gasteiger partial charge in [-0.2, -0.15) is 0 Å². The number of para-hydroxylation sites is 1. The molecule has 58 valence electrons. The smallest absolute Gasteiger partial charge is 0.115 e. The number of benzene rings is 1. The van der Waals surface area contributed by atoms with Crippen LogP contribution in [0.3, 0.4) is 0 Å². The summed E-state index contributed by atoms with van der Waals surface area (Å²) in [4.78, 5) is 0. The van der Waals surface area contributed by atoms with Crippen LogP contribution in [0.25, 0.3) is 0 Å². The normalized spacial score (nSPS) is 6.60. The van der Waals surface area contributed by atoms with Gasteiger partial charge in [0.1, 0.15) is 5.75 Å². The molecule has 0 unspecified atom stereocenters. The van der Waals surface area contributed by atoms with Gasteiger partial charge in [0.2, 0.25) is 0 Å². The molecule has 0 bridgehead atoms. The highest BCUT2D eigenvalue weighted by molar-refractivity contribution is 6.15. The second-order valence-corrected chi connectivity index (χ2v) is 1.34. The lowest BCUT2D eigenvalue weighted by Gasteiger charge is -1.82. The molecule has 3 N–H and O–H groups in total. The van der Waals surface area contributed by atoms with E-state index in [1.807, 2.05) is 6.07 Å². The Labute approximate surface area is 65.4 Å². The minimum Gasteiger partial charge on any atom is -0.508 e. The fraction of sp³-hybridized carbons (Fsp3) is 0.143. The fourth-order valence-electron chi connectivity index (χ4n) is 0.428. The number of hydrogen-bond acceptors (Lipinski definition) is 1. The average molecular weight is 163 g/mol. The van der Waals surface area contributed by atoms with Gasteiger partial charge in [0, 0.05) is 6.38 Å². The van der Waals surface area contributed by atoms with Crippen LogP contribution in [0.4, 0.5) is 0 Å². The van der Waals surface area contributed by atoms with Crippen LogP contribution in [0.2, 0.25) is 0 Å². The monoisotopic (exact) mass is 162 g/mol. The van der Waals surface area contributed by atoms with E-state index in [4.69, 9.17) is 5.11 Å². The molecule has 0 radical (unpaired) electrons. The third-order valence-corrected chi connectivity index (χ3v) is 0.756. The van der Waals surface area contributed by atoms with E-state index in [9.17, 15) is 0 Å². The topological polar surface area (TPSA) is 51.7 Å². The molecule has 0 aliphatic rings. The second kappa shape index (κ2) is 8.27. The fourth-order valence-corrected chi connectivity index (χ4v) is 0.428. The van der Waals surface area contributed by atoms with Gasteiger partial charge in [-0.3, -0.25) is 0 Å². The minimum atomic E-state index is 0. The SMILES string of the molecule is CCl.O.Oc1ccccc1. The van der Waals surface area contributed by atoms with Gasteiger partial charge in [-0.1, -0.05) is 18.2 Å². The largest absolute Gasteiger partial charge is 0.508 e. The highest BCUT2D eigenvalue weighted by Gasteiger charge is 1.74. The first-order chi connectivity index (χ1) is 4.39. The van der Waals surface area contributed by atoms with E-state index in [0.29, 0.717) is 5.75 Å². The van der Waals surface area contributed by atoms with Crippen molar-refractivity contribution < 1.29 is 10.6 Å². The molecule has 0 heterocycles. The van der Waals surface area contributed by atoms with Gasteiger partial charge in [-0.15, -0.1) is 11.6 Å². The van der Waals surface area contributed by atoms with Gasteiger partial charge in [-0.25, -0.2) is 0 Å². The second-order valence-electron chi connectivity index (χ2n) is 1.34. The highest BCUT2D eigenvalue weighted by atomic mass is 35.5. The van der Waals surface area contributed by atoms with Crippen LogP contribution in [-0.2, 0) is 0 Å². The molecule has 0 saturated carbocycles. The summed E-state index contributed by atoms with van der Waals surface area (Å²) in [6.45, 7) is 0. The molecule has 0 aromatic heterocycles. The molecule has 0 spiro atoms. The van der Waals surface area contributed by atoms with Crippen LogP contribution < -0.4 is 0 Å². The zero-order valence-corrected chi connectivity index (χ0v) is 6.47. The molecule has 3 heteroatoms. The Bertz CT molecular complexity index is 142. The maximum atomic E-state index is 8.63. The lowest BCUT2D eigenvalue weighted by molar-refractivity contribution is 0.475. The van der Waals surface area contributed by atoms with E-state index in [-0.39, 0.29) is 5.48 Å². The number of phenols is 1. The molecule has 0 amide bonds. The molecule has 2 nitrogen and oxygen atoms in total. The first-order valence-corrected chi connectivity index (χ1v) is 3.27. The van der Waals surface area contributed by atoms with E-state index in [1.165, 1.54) is 6.38 Å². The maximum Gasteiger partial charge on any atom is 0.115 e. The van der Waals surface area contributed by atoms with Crippen molar-refractivity contribution in [3.05, 3.63) is 30.3 Å². The van der Waals surface area contributed by atoms with Crippen LogP contribution in [0.1, 0.15) is 0 Å². The molecule has 0 atom stereocenters. The van der Waals surface area contributed by atoms with Gasteiger partial charge in [0.05, 0.1) is 0 Å². The van der Waals surface area contributed by atoms with Crippen molar-refractivity contribution in [3.8, 4) is 5.75 Å². The van der Waals surface area contributed by atoms with Crippen LogP contribution in [0.15, 0.2) is 30.3 Å². The molecule has 0 saturated heterocycles. The summed E-state index contributed by atoms with van der Waals surface area (Å²) < 4.78 is 0. The Balaban J connectivity index is 0. The van der Waals surface area contributed by atoms with Gasteiger partial charge in [0.15, 0.2) is 0 Å². The Morgan fingerprint density at radius 1 is 1.10 bits per heavy atom. The van der Waals surface area contributed by atoms with Gasteiger partial charge in [-0.05, 0) is 12.1 Å². The maximum absolute atomic E-state index is 8.63. The summed E-state index contributed by atoms with van der Waals surface area (Å²) in [5.41, 5.74) is 0. The summed E-state index contributed by atoms with van der Waals surface area (Å²) in [7, 11) is 0. The first-order valence-electron chi connectivity index (χ1n) is 2.51. The van der Waals surface area contributed by atoms with E-state index >= 15 is 0 Å². The summed E-state index contributed by atoms with van der Waals surface area (Å²) in [5.74, 6) is 0.322. The highest BCUT2D eigenvalue weighted by Crippen LogP contribution is 2.02. The number of phenolic OH excluding ortho intramolecular Hbond substituents is 1. The summed E-state index contributed by atoms with van der Waals surface area (Å²) in [6.07, 6.45) is 1.47. The minimum absolute atomic E-state index is 0. The number of halogens is 1. The Morgan fingerprint density at radius 3 is 1.70 bits per heavy atom. The molecule has 0 aliphatic carbocycles. The first kappa shape index (κ1) is 12.0. The molecule has 1 aromatic carbocycles. The van der Waals surface area contributed by atoms with Crippen LogP contribution >= 0.6 is 11.6 Å². The molecular weight excluding hydrogens is 152 g/mol. The Kier molecular flexibility index (Phi) is 9.92. The van der Waals surface area contributed by atoms with Crippen molar-refractivity contribution in [2.75, 3.05) is 6.38 Å². The molecule has 0 aliphatic heterocycles. The summed E-state index contributed by atoms with van der Waals surface area (Å²) in [5, 5.41) is 8.63. The van der Waals surface area contributed by atoms with E-state index in [2.05, 4.69) is 11.6 Å². The van der Waals surface area contributed by atoms with Gasteiger partial charge >= 0.3 is 0 Å².